The molecule has 1 aromatic carbocycles. The lowest BCUT2D eigenvalue weighted by Crippen LogP contribution is -2.27. The Bertz CT molecular complexity index is 562. The van der Waals surface area contributed by atoms with Gasteiger partial charge in [-0.3, -0.25) is 0 Å². The fourth-order valence-electron chi connectivity index (χ4n) is 1.18. The molecule has 0 aliphatic carbocycles. The monoisotopic (exact) mass is 197 g/mol. The molecular formula is C7H7N3O2S. The highest BCUT2D eigenvalue weighted by molar-refractivity contribution is 7.88. The molecule has 0 bridgehead atoms. The van der Waals surface area contributed by atoms with Crippen LogP contribution in [0, 0.1) is 0 Å². The molecule has 13 heavy (non-hydrogen) atoms. The van der Waals surface area contributed by atoms with Gasteiger partial charge in [-0.2, -0.15) is 8.42 Å². The first-order chi connectivity index (χ1) is 6.12. The van der Waals surface area contributed by atoms with Crippen LogP contribution in [0.4, 0.5) is 0 Å². The summed E-state index contributed by atoms with van der Waals surface area (Å²) >= 11 is 0. The zero-order valence-corrected chi connectivity index (χ0v) is 7.45. The molecule has 0 aromatic heterocycles. The van der Waals surface area contributed by atoms with Crippen molar-refractivity contribution >= 4 is 10.2 Å². The van der Waals surface area contributed by atoms with Gasteiger partial charge in [0, 0.05) is 6.54 Å². The van der Waals surface area contributed by atoms with Gasteiger partial charge in [-0.25, -0.2) is 0 Å². The third-order valence-corrected chi connectivity index (χ3v) is 2.58. The van der Waals surface area contributed by atoms with Gasteiger partial charge in [0.2, 0.25) is 0 Å². The lowest BCUT2D eigenvalue weighted by molar-refractivity contribution is 0.599. The van der Waals surface area contributed by atoms with Crippen molar-refractivity contribution in [3.05, 3.63) is 34.5 Å². The van der Waals surface area contributed by atoms with Crippen LogP contribution in [-0.4, -0.2) is 8.42 Å². The van der Waals surface area contributed by atoms with E-state index in [4.69, 9.17) is 5.73 Å². The van der Waals surface area contributed by atoms with E-state index in [1.54, 1.807) is 18.2 Å². The SMILES string of the molecule is NCc1cccc2c1=NS(=O)(=O)N=2. The number of nitrogens with two attached hydrogens (primary N) is 1. The third-order valence-electron chi connectivity index (χ3n) is 1.74. The van der Waals surface area contributed by atoms with Crippen LogP contribution in [0.2, 0.25) is 0 Å². The second kappa shape index (κ2) is 2.61. The summed E-state index contributed by atoms with van der Waals surface area (Å²) in [5.74, 6) is 0. The molecule has 0 fully saturated rings. The summed E-state index contributed by atoms with van der Waals surface area (Å²) in [6, 6.07) is 5.04. The molecule has 1 aromatic rings. The molecule has 0 radical (unpaired) electrons. The van der Waals surface area contributed by atoms with Crippen molar-refractivity contribution in [1.82, 2.24) is 0 Å². The van der Waals surface area contributed by atoms with E-state index in [9.17, 15) is 8.42 Å². The molecule has 1 aliphatic rings. The van der Waals surface area contributed by atoms with E-state index >= 15 is 0 Å². The molecule has 68 valence electrons. The summed E-state index contributed by atoms with van der Waals surface area (Å²) in [6.07, 6.45) is 0. The zero-order chi connectivity index (χ0) is 9.47. The third kappa shape index (κ3) is 1.34. The molecule has 0 amide bonds. The Kier molecular flexibility index (Phi) is 1.67. The summed E-state index contributed by atoms with van der Waals surface area (Å²) in [5.41, 5.74) is 6.11. The van der Waals surface area contributed by atoms with Gasteiger partial charge in [0.25, 0.3) is 0 Å². The number of fused-ring (bicyclic) bond motifs is 1. The van der Waals surface area contributed by atoms with Gasteiger partial charge in [0.15, 0.2) is 0 Å². The van der Waals surface area contributed by atoms with Crippen molar-refractivity contribution in [3.8, 4) is 0 Å². The molecule has 1 aliphatic heterocycles. The summed E-state index contributed by atoms with van der Waals surface area (Å²) in [4.78, 5) is 0. The zero-order valence-electron chi connectivity index (χ0n) is 6.64. The van der Waals surface area contributed by atoms with Crippen LogP contribution in [0.1, 0.15) is 5.56 Å². The minimum atomic E-state index is -3.64. The predicted octanol–water partition coefficient (Wildman–Crippen LogP) is -1.36. The lowest BCUT2D eigenvalue weighted by atomic mass is 10.2. The van der Waals surface area contributed by atoms with E-state index in [0.29, 0.717) is 16.3 Å². The number of hydrogen-bond donors (Lipinski definition) is 1. The minimum Gasteiger partial charge on any atom is -0.326 e. The molecular weight excluding hydrogens is 190 g/mol. The smallest absolute Gasteiger partial charge is 0.326 e. The molecule has 6 heteroatoms. The maximum atomic E-state index is 11.0. The van der Waals surface area contributed by atoms with E-state index in [1.165, 1.54) is 0 Å². The van der Waals surface area contributed by atoms with E-state index < -0.39 is 10.2 Å². The van der Waals surface area contributed by atoms with Gasteiger partial charge in [0.1, 0.15) is 10.7 Å². The molecule has 5 nitrogen and oxygen atoms in total. The van der Waals surface area contributed by atoms with Crippen molar-refractivity contribution < 1.29 is 8.42 Å². The van der Waals surface area contributed by atoms with Crippen LogP contribution in [0.5, 0.6) is 0 Å². The first kappa shape index (κ1) is 8.33. The second-order valence-electron chi connectivity index (χ2n) is 2.62. The molecule has 0 unspecified atom stereocenters. The van der Waals surface area contributed by atoms with E-state index in [-0.39, 0.29) is 6.54 Å². The highest BCUT2D eigenvalue weighted by atomic mass is 32.2. The summed E-state index contributed by atoms with van der Waals surface area (Å²) in [6.45, 7) is 0.262. The number of nitrogens with zero attached hydrogens (tertiary/aromatic N) is 2. The highest BCUT2D eigenvalue weighted by Gasteiger charge is 2.12. The van der Waals surface area contributed by atoms with Crippen LogP contribution in [0.15, 0.2) is 27.0 Å². The predicted molar refractivity (Wildman–Crippen MR) is 45.6 cm³/mol. The van der Waals surface area contributed by atoms with Gasteiger partial charge in [-0.05, 0) is 11.6 Å². The Labute approximate surface area is 74.8 Å². The van der Waals surface area contributed by atoms with Crippen LogP contribution in [0.25, 0.3) is 0 Å². The van der Waals surface area contributed by atoms with Gasteiger partial charge in [-0.15, -0.1) is 8.80 Å². The normalized spacial score (nSPS) is 17.3. The second-order valence-corrected chi connectivity index (χ2v) is 3.88. The molecule has 0 atom stereocenters. The Hall–Kier alpha value is -1.27. The quantitative estimate of drug-likeness (QED) is 0.603. The van der Waals surface area contributed by atoms with Crippen LogP contribution >= 0.6 is 0 Å². The first-order valence-electron chi connectivity index (χ1n) is 3.65. The minimum absolute atomic E-state index is 0.262. The number of hydrogen-bond acceptors (Lipinski definition) is 3. The highest BCUT2D eigenvalue weighted by Crippen LogP contribution is 1.97. The molecule has 2 N–H and O–H groups in total. The molecule has 2 rings (SSSR count). The van der Waals surface area contributed by atoms with Gasteiger partial charge in [0.05, 0.1) is 0 Å². The van der Waals surface area contributed by atoms with E-state index in [2.05, 4.69) is 8.80 Å². The van der Waals surface area contributed by atoms with Crippen molar-refractivity contribution in [2.45, 2.75) is 6.54 Å². The number of rotatable bonds is 1. The van der Waals surface area contributed by atoms with Crippen molar-refractivity contribution in [2.24, 2.45) is 14.5 Å². The Morgan fingerprint density at radius 3 is 2.77 bits per heavy atom. The largest absolute Gasteiger partial charge is 0.364 e. The maximum Gasteiger partial charge on any atom is 0.364 e. The van der Waals surface area contributed by atoms with Crippen LogP contribution in [-0.2, 0) is 16.8 Å². The molecule has 1 heterocycles. The number of benzene rings is 1. The topological polar surface area (TPSA) is 84.9 Å². The fraction of sp³-hybridized carbons (Fsp3) is 0.143. The van der Waals surface area contributed by atoms with Gasteiger partial charge < -0.3 is 5.73 Å². The van der Waals surface area contributed by atoms with Crippen molar-refractivity contribution in [1.29, 1.82) is 0 Å². The van der Waals surface area contributed by atoms with Gasteiger partial charge >= 0.3 is 10.2 Å². The Morgan fingerprint density at radius 1 is 1.31 bits per heavy atom. The molecule has 0 spiro atoms. The average Bonchev–Trinajstić information content (AvgIpc) is 2.37. The Morgan fingerprint density at radius 2 is 2.08 bits per heavy atom. The Balaban J connectivity index is 2.93. The molecule has 0 saturated heterocycles. The van der Waals surface area contributed by atoms with Crippen LogP contribution in [0.3, 0.4) is 0 Å². The van der Waals surface area contributed by atoms with E-state index in [0.717, 1.165) is 0 Å². The fourth-order valence-corrected chi connectivity index (χ4v) is 2.06. The van der Waals surface area contributed by atoms with Crippen molar-refractivity contribution in [2.75, 3.05) is 0 Å². The summed E-state index contributed by atoms with van der Waals surface area (Å²) < 4.78 is 28.9. The standard InChI is InChI=1S/C7H7N3O2S/c8-4-5-2-1-3-6-7(5)10-13(11,12)9-6/h1-3H,4,8H2. The van der Waals surface area contributed by atoms with Crippen molar-refractivity contribution in [3.63, 3.8) is 0 Å². The summed E-state index contributed by atoms with van der Waals surface area (Å²) in [7, 11) is -3.64. The molecule has 0 saturated carbocycles. The average molecular weight is 197 g/mol. The lowest BCUT2D eigenvalue weighted by Gasteiger charge is -1.91. The van der Waals surface area contributed by atoms with Gasteiger partial charge in [-0.1, -0.05) is 12.1 Å². The van der Waals surface area contributed by atoms with Crippen LogP contribution < -0.4 is 16.4 Å². The summed E-state index contributed by atoms with van der Waals surface area (Å²) in [5, 5.41) is 0.757. The van der Waals surface area contributed by atoms with E-state index in [1.807, 2.05) is 0 Å². The first-order valence-corrected chi connectivity index (χ1v) is 5.05. The maximum absolute atomic E-state index is 11.0.